The number of benzene rings is 2. The zero-order valence-electron chi connectivity index (χ0n) is 16.6. The summed E-state index contributed by atoms with van der Waals surface area (Å²) in [5, 5.41) is 6.25. The second-order valence-corrected chi connectivity index (χ2v) is 9.78. The molecule has 2 aromatic rings. The first-order valence-electron chi connectivity index (χ1n) is 10.2. The van der Waals surface area contributed by atoms with Gasteiger partial charge in [0.2, 0.25) is 15.9 Å². The summed E-state index contributed by atoms with van der Waals surface area (Å²) in [6, 6.07) is 12.7. The molecule has 1 unspecified atom stereocenters. The highest BCUT2D eigenvalue weighted by atomic mass is 32.2. The van der Waals surface area contributed by atoms with Crippen LogP contribution in [0.5, 0.6) is 0 Å². The number of sulfonamides is 1. The number of para-hydroxylation sites is 1. The van der Waals surface area contributed by atoms with Crippen molar-refractivity contribution in [1.29, 1.82) is 0 Å². The number of fused-ring (bicyclic) bond motifs is 1. The van der Waals surface area contributed by atoms with Crippen molar-refractivity contribution < 1.29 is 13.2 Å². The minimum absolute atomic E-state index is 0.0788. The standard InChI is InChI=1S/C22H27N3O3S/c1-16-7-5-9-18-14-20(24-21(16)18)22(26)23-15-17-8-6-10-19(13-17)29(27,28)25-11-3-2-4-12-25/h5-10,13,20,24H,2-4,11-12,14-15H2,1H3,(H,23,26). The Morgan fingerprint density at radius 3 is 2.66 bits per heavy atom. The Bertz CT molecular complexity index is 1010. The quantitative estimate of drug-likeness (QED) is 0.790. The van der Waals surface area contributed by atoms with Gasteiger partial charge in [-0.25, -0.2) is 8.42 Å². The Kier molecular flexibility index (Phi) is 5.61. The predicted molar refractivity (Wildman–Crippen MR) is 113 cm³/mol. The molecule has 1 atom stereocenters. The van der Waals surface area contributed by atoms with Crippen molar-refractivity contribution in [2.45, 2.75) is 50.1 Å². The van der Waals surface area contributed by atoms with Gasteiger partial charge in [0.05, 0.1) is 4.90 Å². The fourth-order valence-electron chi connectivity index (χ4n) is 4.09. The number of hydrogen-bond acceptors (Lipinski definition) is 4. The molecule has 0 spiro atoms. The molecule has 0 saturated carbocycles. The van der Waals surface area contributed by atoms with E-state index in [1.54, 1.807) is 22.5 Å². The van der Waals surface area contributed by atoms with E-state index in [-0.39, 0.29) is 11.9 Å². The summed E-state index contributed by atoms with van der Waals surface area (Å²) in [5.41, 5.74) is 4.11. The number of nitrogens with zero attached hydrogens (tertiary/aromatic N) is 1. The van der Waals surface area contributed by atoms with E-state index in [4.69, 9.17) is 0 Å². The molecule has 2 aliphatic heterocycles. The van der Waals surface area contributed by atoms with Crippen LogP contribution < -0.4 is 10.6 Å². The molecular weight excluding hydrogens is 386 g/mol. The lowest BCUT2D eigenvalue weighted by atomic mass is 10.1. The topological polar surface area (TPSA) is 78.5 Å². The highest BCUT2D eigenvalue weighted by Gasteiger charge is 2.28. The molecule has 7 heteroatoms. The van der Waals surface area contributed by atoms with Gasteiger partial charge in [0, 0.05) is 31.7 Å². The Morgan fingerprint density at radius 2 is 1.90 bits per heavy atom. The van der Waals surface area contributed by atoms with Gasteiger partial charge in [0.25, 0.3) is 0 Å². The third kappa shape index (κ3) is 4.16. The van der Waals surface area contributed by atoms with Crippen LogP contribution in [0.25, 0.3) is 0 Å². The maximum absolute atomic E-state index is 12.9. The number of anilines is 1. The lowest BCUT2D eigenvalue weighted by molar-refractivity contribution is -0.121. The van der Waals surface area contributed by atoms with Gasteiger partial charge in [-0.3, -0.25) is 4.79 Å². The second-order valence-electron chi connectivity index (χ2n) is 7.84. The van der Waals surface area contributed by atoms with Gasteiger partial charge in [-0.2, -0.15) is 4.31 Å². The van der Waals surface area contributed by atoms with Crippen LogP contribution in [0, 0.1) is 6.92 Å². The molecule has 1 amide bonds. The average molecular weight is 414 g/mol. The lowest BCUT2D eigenvalue weighted by Gasteiger charge is -2.26. The molecule has 0 bridgehead atoms. The van der Waals surface area contributed by atoms with Crippen molar-refractivity contribution in [3.8, 4) is 0 Å². The molecule has 1 saturated heterocycles. The number of hydrogen-bond donors (Lipinski definition) is 2. The van der Waals surface area contributed by atoms with Crippen LogP contribution in [-0.4, -0.2) is 37.8 Å². The molecule has 4 rings (SSSR count). The minimum atomic E-state index is -3.47. The van der Waals surface area contributed by atoms with Crippen molar-refractivity contribution in [2.24, 2.45) is 0 Å². The number of rotatable bonds is 5. The third-order valence-electron chi connectivity index (χ3n) is 5.74. The highest BCUT2D eigenvalue weighted by Crippen LogP contribution is 2.29. The number of amides is 1. The first-order valence-corrected chi connectivity index (χ1v) is 11.6. The SMILES string of the molecule is Cc1cccc2c1NC(C(=O)NCc1cccc(S(=O)(=O)N3CCCCC3)c1)C2. The monoisotopic (exact) mass is 413 g/mol. The zero-order chi connectivity index (χ0) is 20.4. The van der Waals surface area contributed by atoms with Gasteiger partial charge < -0.3 is 10.6 Å². The van der Waals surface area contributed by atoms with Gasteiger partial charge in [-0.05, 0) is 48.6 Å². The summed E-state index contributed by atoms with van der Waals surface area (Å²) in [6.45, 7) is 3.49. The van der Waals surface area contributed by atoms with Crippen molar-refractivity contribution in [3.63, 3.8) is 0 Å². The molecule has 0 aromatic heterocycles. The maximum Gasteiger partial charge on any atom is 0.243 e. The summed E-state index contributed by atoms with van der Waals surface area (Å²) in [6.07, 6.45) is 3.55. The zero-order valence-corrected chi connectivity index (χ0v) is 17.5. The highest BCUT2D eigenvalue weighted by molar-refractivity contribution is 7.89. The Morgan fingerprint density at radius 1 is 1.14 bits per heavy atom. The van der Waals surface area contributed by atoms with E-state index >= 15 is 0 Å². The molecule has 2 heterocycles. The largest absolute Gasteiger partial charge is 0.373 e. The summed E-state index contributed by atoms with van der Waals surface area (Å²) >= 11 is 0. The predicted octanol–water partition coefficient (Wildman–Crippen LogP) is 2.82. The number of carbonyl (C=O) groups excluding carboxylic acids is 1. The number of carbonyl (C=O) groups is 1. The van der Waals surface area contributed by atoms with Crippen LogP contribution in [0.15, 0.2) is 47.4 Å². The van der Waals surface area contributed by atoms with Gasteiger partial charge in [0.15, 0.2) is 0 Å². The molecule has 2 aromatic carbocycles. The molecule has 29 heavy (non-hydrogen) atoms. The van der Waals surface area contributed by atoms with Crippen LogP contribution in [0.3, 0.4) is 0 Å². The molecule has 154 valence electrons. The molecule has 0 radical (unpaired) electrons. The van der Waals surface area contributed by atoms with Gasteiger partial charge >= 0.3 is 0 Å². The van der Waals surface area contributed by atoms with E-state index in [1.165, 1.54) is 0 Å². The van der Waals surface area contributed by atoms with Crippen molar-refractivity contribution >= 4 is 21.6 Å². The van der Waals surface area contributed by atoms with E-state index in [0.29, 0.717) is 31.0 Å². The molecule has 0 aliphatic carbocycles. The van der Waals surface area contributed by atoms with E-state index < -0.39 is 10.0 Å². The van der Waals surface area contributed by atoms with Gasteiger partial charge in [-0.15, -0.1) is 0 Å². The third-order valence-corrected chi connectivity index (χ3v) is 7.63. The van der Waals surface area contributed by atoms with E-state index in [9.17, 15) is 13.2 Å². The smallest absolute Gasteiger partial charge is 0.243 e. The molecule has 6 nitrogen and oxygen atoms in total. The van der Waals surface area contributed by atoms with E-state index in [0.717, 1.165) is 41.6 Å². The summed E-state index contributed by atoms with van der Waals surface area (Å²) in [4.78, 5) is 12.9. The van der Waals surface area contributed by atoms with Crippen LogP contribution in [-0.2, 0) is 27.8 Å². The molecule has 2 N–H and O–H groups in total. The normalized spacial score (nSPS) is 19.4. The first-order chi connectivity index (χ1) is 13.9. The van der Waals surface area contributed by atoms with E-state index in [1.807, 2.05) is 31.2 Å². The first kappa shape index (κ1) is 19.9. The minimum Gasteiger partial charge on any atom is -0.373 e. The van der Waals surface area contributed by atoms with Crippen molar-refractivity contribution in [3.05, 3.63) is 59.2 Å². The number of nitrogens with one attached hydrogen (secondary N) is 2. The second kappa shape index (κ2) is 8.16. The molecule has 2 aliphatic rings. The van der Waals surface area contributed by atoms with Crippen LogP contribution in [0.1, 0.15) is 36.0 Å². The summed E-state index contributed by atoms with van der Waals surface area (Å²) < 4.78 is 27.3. The Labute approximate surface area is 172 Å². The lowest BCUT2D eigenvalue weighted by Crippen LogP contribution is -2.38. The van der Waals surface area contributed by atoms with Gasteiger partial charge in [0.1, 0.15) is 6.04 Å². The van der Waals surface area contributed by atoms with Crippen LogP contribution >= 0.6 is 0 Å². The van der Waals surface area contributed by atoms with Crippen molar-refractivity contribution in [1.82, 2.24) is 9.62 Å². The fraction of sp³-hybridized carbons (Fsp3) is 0.409. The average Bonchev–Trinajstić information content (AvgIpc) is 3.19. The number of aryl methyl sites for hydroxylation is 1. The maximum atomic E-state index is 12.9. The van der Waals surface area contributed by atoms with Crippen LogP contribution in [0.4, 0.5) is 5.69 Å². The fourth-order valence-corrected chi connectivity index (χ4v) is 5.68. The Hall–Kier alpha value is -2.38. The molecular formula is C22H27N3O3S. The summed E-state index contributed by atoms with van der Waals surface area (Å²) in [7, 11) is -3.47. The van der Waals surface area contributed by atoms with E-state index in [2.05, 4.69) is 10.6 Å². The summed E-state index contributed by atoms with van der Waals surface area (Å²) in [5.74, 6) is -0.0788. The molecule has 1 fully saturated rings. The number of piperidine rings is 1. The van der Waals surface area contributed by atoms with Crippen LogP contribution in [0.2, 0.25) is 0 Å². The van der Waals surface area contributed by atoms with Crippen molar-refractivity contribution in [2.75, 3.05) is 18.4 Å². The Balaban J connectivity index is 1.40. The van der Waals surface area contributed by atoms with Gasteiger partial charge in [-0.1, -0.05) is 36.8 Å².